The highest BCUT2D eigenvalue weighted by Crippen LogP contribution is 2.47. The second-order valence-electron chi connectivity index (χ2n) is 7.90. The molecule has 0 radical (unpaired) electrons. The van der Waals surface area contributed by atoms with Crippen LogP contribution < -0.4 is 4.90 Å². The van der Waals surface area contributed by atoms with E-state index >= 15 is 0 Å². The Morgan fingerprint density at radius 1 is 1.12 bits per heavy atom. The Labute approximate surface area is 215 Å². The van der Waals surface area contributed by atoms with E-state index in [2.05, 4.69) is 58.3 Å². The quantitative estimate of drug-likeness (QED) is 0.169. The van der Waals surface area contributed by atoms with E-state index in [4.69, 9.17) is 0 Å². The molecule has 1 unspecified atom stereocenters. The first kappa shape index (κ1) is 26.3. The van der Waals surface area contributed by atoms with Gasteiger partial charge in [0.05, 0.1) is 5.56 Å². The Bertz CT molecular complexity index is 1100. The Morgan fingerprint density at radius 2 is 1.88 bits per heavy atom. The van der Waals surface area contributed by atoms with Crippen molar-refractivity contribution >= 4 is 49.8 Å². The van der Waals surface area contributed by atoms with Crippen LogP contribution in [0.4, 0.5) is 15.1 Å². The minimum absolute atomic E-state index is 0.541. The van der Waals surface area contributed by atoms with E-state index < -0.39 is 0 Å². The van der Waals surface area contributed by atoms with Gasteiger partial charge < -0.3 is 4.90 Å². The van der Waals surface area contributed by atoms with Crippen molar-refractivity contribution in [2.45, 2.75) is 58.5 Å². The number of thiophene rings is 1. The monoisotopic (exact) mass is 512 g/mol. The van der Waals surface area contributed by atoms with Crippen molar-refractivity contribution in [3.63, 3.8) is 0 Å². The number of nitriles is 1. The largest absolute Gasteiger partial charge is 0.363 e. The molecule has 0 saturated heterocycles. The SMILES string of the molecule is CCCCC(CC)CSc1nsc(/N=N/c2sc(N(CC)CC)c(C#N)c2-c2ccccc2)n1. The van der Waals surface area contributed by atoms with Crippen LogP contribution in [0.3, 0.4) is 0 Å². The molecule has 0 spiro atoms. The van der Waals surface area contributed by atoms with Crippen LogP contribution in [0, 0.1) is 17.2 Å². The van der Waals surface area contributed by atoms with E-state index in [0.29, 0.717) is 16.6 Å². The standard InChI is InChI=1S/C25H32N6S3/c1-5-9-13-18(6-2)17-32-25-27-24(34-30-25)29-28-22-21(19-14-11-10-12-15-19)20(16-26)23(33-22)31(7-3)8-4/h10-12,14-15,18H,5-9,13,17H2,1-4H3/b29-28+. The molecule has 34 heavy (non-hydrogen) atoms. The molecule has 0 amide bonds. The maximum absolute atomic E-state index is 10.0. The van der Waals surface area contributed by atoms with Crippen molar-refractivity contribution in [1.29, 1.82) is 5.26 Å². The zero-order valence-corrected chi connectivity index (χ0v) is 22.8. The van der Waals surface area contributed by atoms with Crippen molar-refractivity contribution in [2.75, 3.05) is 23.7 Å². The highest BCUT2D eigenvalue weighted by Gasteiger charge is 2.23. The molecule has 2 aromatic heterocycles. The smallest absolute Gasteiger partial charge is 0.250 e. The molecule has 2 heterocycles. The molecule has 3 rings (SSSR count). The molecule has 0 aliphatic rings. The van der Waals surface area contributed by atoms with Crippen LogP contribution in [0.2, 0.25) is 0 Å². The lowest BCUT2D eigenvalue weighted by Crippen LogP contribution is -2.21. The molecule has 180 valence electrons. The van der Waals surface area contributed by atoms with Gasteiger partial charge in [0.15, 0.2) is 0 Å². The fourth-order valence-corrected chi connectivity index (χ4v) is 6.62. The number of rotatable bonds is 13. The molecular weight excluding hydrogens is 481 g/mol. The van der Waals surface area contributed by atoms with Gasteiger partial charge in [-0.25, -0.2) is 0 Å². The van der Waals surface area contributed by atoms with Gasteiger partial charge in [-0.1, -0.05) is 86.5 Å². The molecule has 0 aliphatic carbocycles. The number of unbranched alkanes of at least 4 members (excludes halogenated alkanes) is 1. The summed E-state index contributed by atoms with van der Waals surface area (Å²) in [7, 11) is 0. The number of hydrogen-bond donors (Lipinski definition) is 0. The number of aromatic nitrogens is 2. The number of anilines is 1. The fourth-order valence-electron chi connectivity index (χ4n) is 3.67. The van der Waals surface area contributed by atoms with Crippen LogP contribution >= 0.6 is 34.6 Å². The zero-order valence-electron chi connectivity index (χ0n) is 20.3. The molecule has 0 fully saturated rings. The summed E-state index contributed by atoms with van der Waals surface area (Å²) in [6, 6.07) is 12.4. The van der Waals surface area contributed by atoms with Gasteiger partial charge in [0.1, 0.15) is 16.1 Å². The highest BCUT2D eigenvalue weighted by molar-refractivity contribution is 7.99. The van der Waals surface area contributed by atoms with E-state index in [1.54, 1.807) is 11.8 Å². The third-order valence-corrected chi connectivity index (χ3v) is 8.64. The van der Waals surface area contributed by atoms with E-state index in [0.717, 1.165) is 45.1 Å². The number of azo groups is 1. The van der Waals surface area contributed by atoms with Crippen LogP contribution in [-0.2, 0) is 0 Å². The fraction of sp³-hybridized carbons (Fsp3) is 0.480. The summed E-state index contributed by atoms with van der Waals surface area (Å²) in [4.78, 5) is 6.76. The number of nitrogens with zero attached hydrogens (tertiary/aromatic N) is 6. The van der Waals surface area contributed by atoms with Crippen LogP contribution in [0.5, 0.6) is 0 Å². The minimum Gasteiger partial charge on any atom is -0.363 e. The first-order chi connectivity index (χ1) is 16.6. The Kier molecular flexibility index (Phi) is 10.5. The predicted octanol–water partition coefficient (Wildman–Crippen LogP) is 8.71. The normalized spacial score (nSPS) is 12.2. The maximum Gasteiger partial charge on any atom is 0.250 e. The molecule has 0 saturated carbocycles. The van der Waals surface area contributed by atoms with Crippen molar-refractivity contribution in [3.8, 4) is 17.2 Å². The van der Waals surface area contributed by atoms with Gasteiger partial charge >= 0.3 is 0 Å². The molecule has 0 N–H and O–H groups in total. The number of hydrogen-bond acceptors (Lipinski definition) is 9. The van der Waals surface area contributed by atoms with Gasteiger partial charge in [-0.05, 0) is 31.7 Å². The van der Waals surface area contributed by atoms with Crippen molar-refractivity contribution in [2.24, 2.45) is 16.1 Å². The minimum atomic E-state index is 0.541. The van der Waals surface area contributed by atoms with Gasteiger partial charge in [-0.2, -0.15) is 14.6 Å². The Balaban J connectivity index is 1.85. The molecule has 3 aromatic rings. The van der Waals surface area contributed by atoms with Crippen LogP contribution in [0.1, 0.15) is 58.9 Å². The maximum atomic E-state index is 10.0. The van der Waals surface area contributed by atoms with Crippen molar-refractivity contribution < 1.29 is 0 Å². The average molecular weight is 513 g/mol. The lowest BCUT2D eigenvalue weighted by Gasteiger charge is -2.19. The molecule has 0 aliphatic heterocycles. The van der Waals surface area contributed by atoms with Gasteiger partial charge in [-0.15, -0.1) is 10.2 Å². The zero-order chi connectivity index (χ0) is 24.3. The third-order valence-electron chi connectivity index (χ3n) is 5.71. The second kappa shape index (κ2) is 13.6. The van der Waals surface area contributed by atoms with Crippen LogP contribution in [-0.4, -0.2) is 28.2 Å². The Morgan fingerprint density at radius 3 is 2.53 bits per heavy atom. The molecule has 6 nitrogen and oxygen atoms in total. The molecule has 9 heteroatoms. The first-order valence-electron chi connectivity index (χ1n) is 11.9. The summed E-state index contributed by atoms with van der Waals surface area (Å²) in [6.07, 6.45) is 4.94. The summed E-state index contributed by atoms with van der Waals surface area (Å²) in [5, 5.41) is 22.0. The molecule has 1 atom stereocenters. The van der Waals surface area contributed by atoms with Gasteiger partial charge in [-0.3, -0.25) is 0 Å². The number of benzene rings is 1. The molecular formula is C25H32N6S3. The van der Waals surface area contributed by atoms with Gasteiger partial charge in [0, 0.05) is 35.9 Å². The van der Waals surface area contributed by atoms with E-state index in [-0.39, 0.29) is 0 Å². The van der Waals surface area contributed by atoms with E-state index in [1.807, 2.05) is 30.3 Å². The summed E-state index contributed by atoms with van der Waals surface area (Å²) in [5.41, 5.74) is 2.45. The molecule has 1 aromatic carbocycles. The predicted molar refractivity (Wildman–Crippen MR) is 146 cm³/mol. The van der Waals surface area contributed by atoms with E-state index in [1.165, 1.54) is 48.6 Å². The highest BCUT2D eigenvalue weighted by atomic mass is 32.2. The van der Waals surface area contributed by atoms with Crippen LogP contribution in [0.25, 0.3) is 11.1 Å². The number of thioether (sulfide) groups is 1. The average Bonchev–Trinajstić information content (AvgIpc) is 3.48. The lowest BCUT2D eigenvalue weighted by molar-refractivity contribution is 0.499. The van der Waals surface area contributed by atoms with Crippen molar-refractivity contribution in [1.82, 2.24) is 9.36 Å². The summed E-state index contributed by atoms with van der Waals surface area (Å²) in [6.45, 7) is 10.3. The van der Waals surface area contributed by atoms with Gasteiger partial charge in [0.25, 0.3) is 0 Å². The summed E-state index contributed by atoms with van der Waals surface area (Å²) < 4.78 is 4.47. The van der Waals surface area contributed by atoms with Gasteiger partial charge in [0.2, 0.25) is 10.3 Å². The lowest BCUT2D eigenvalue weighted by atomic mass is 10.0. The van der Waals surface area contributed by atoms with Crippen LogP contribution in [0.15, 0.2) is 45.7 Å². The Hall–Kier alpha value is -2.28. The first-order valence-corrected chi connectivity index (χ1v) is 14.5. The van der Waals surface area contributed by atoms with E-state index in [9.17, 15) is 5.26 Å². The van der Waals surface area contributed by atoms with Crippen molar-refractivity contribution in [3.05, 3.63) is 35.9 Å². The topological polar surface area (TPSA) is 77.5 Å². The third kappa shape index (κ3) is 6.65. The molecule has 0 bridgehead atoms. The second-order valence-corrected chi connectivity index (χ2v) is 10.6. The summed E-state index contributed by atoms with van der Waals surface area (Å²) in [5.74, 6) is 1.73. The summed E-state index contributed by atoms with van der Waals surface area (Å²) >= 11 is 4.48.